The Morgan fingerprint density at radius 2 is 1.90 bits per heavy atom. The predicted octanol–water partition coefficient (Wildman–Crippen LogP) is 3.52. The van der Waals surface area contributed by atoms with Gasteiger partial charge in [0.2, 0.25) is 5.91 Å². The molecule has 1 spiro atoms. The zero-order valence-electron chi connectivity index (χ0n) is 17.4. The van der Waals surface area contributed by atoms with Crippen molar-refractivity contribution < 1.29 is 9.53 Å². The molecule has 1 aliphatic heterocycles. The number of likely N-dealkylation sites (tertiary alicyclic amines) is 1. The number of rotatable bonds is 5. The second-order valence-electron chi connectivity index (χ2n) is 9.09. The van der Waals surface area contributed by atoms with Crippen molar-refractivity contribution in [1.82, 2.24) is 19.7 Å². The summed E-state index contributed by atoms with van der Waals surface area (Å²) in [5.41, 5.74) is 0.967. The van der Waals surface area contributed by atoms with E-state index >= 15 is 0 Å². The molecule has 1 atom stereocenters. The number of hydrogen-bond donors (Lipinski definition) is 0. The predicted molar refractivity (Wildman–Crippen MR) is 110 cm³/mol. The highest BCUT2D eigenvalue weighted by Gasteiger charge is 2.58. The van der Waals surface area contributed by atoms with Crippen molar-refractivity contribution in [2.75, 3.05) is 20.2 Å². The molecule has 6 heteroatoms. The molecule has 2 heterocycles. The Morgan fingerprint density at radius 1 is 1.17 bits per heavy atom. The molecule has 5 rings (SSSR count). The largest absolute Gasteiger partial charge is 0.497 e. The minimum atomic E-state index is -0.334. The van der Waals surface area contributed by atoms with Crippen molar-refractivity contribution in [3.8, 4) is 5.75 Å². The molecule has 0 N–H and O–H groups in total. The Morgan fingerprint density at radius 3 is 2.52 bits per heavy atom. The van der Waals surface area contributed by atoms with E-state index in [-0.39, 0.29) is 10.8 Å². The van der Waals surface area contributed by atoms with E-state index < -0.39 is 0 Å². The Hall–Kier alpha value is -2.37. The van der Waals surface area contributed by atoms with Gasteiger partial charge in [-0.3, -0.25) is 4.79 Å². The second kappa shape index (κ2) is 6.85. The summed E-state index contributed by atoms with van der Waals surface area (Å²) in [6.07, 6.45) is 8.60. The SMILES string of the molecule is CCn1cnnc1C1CN(C(=O)C2(c3ccc(OC)cc3)CC2)CC12CCCC2. The van der Waals surface area contributed by atoms with Gasteiger partial charge < -0.3 is 14.2 Å². The number of methoxy groups -OCH3 is 1. The fourth-order valence-corrected chi connectivity index (χ4v) is 5.81. The first kappa shape index (κ1) is 18.6. The smallest absolute Gasteiger partial charge is 0.233 e. The molecule has 1 unspecified atom stereocenters. The number of aryl methyl sites for hydroxylation is 1. The van der Waals surface area contributed by atoms with Crippen molar-refractivity contribution in [2.45, 2.75) is 63.3 Å². The molecule has 29 heavy (non-hydrogen) atoms. The summed E-state index contributed by atoms with van der Waals surface area (Å²) in [5, 5.41) is 8.68. The van der Waals surface area contributed by atoms with Gasteiger partial charge in [0.05, 0.1) is 12.5 Å². The van der Waals surface area contributed by atoms with Gasteiger partial charge in [-0.25, -0.2) is 0 Å². The monoisotopic (exact) mass is 394 g/mol. The summed E-state index contributed by atoms with van der Waals surface area (Å²) in [6.45, 7) is 4.65. The van der Waals surface area contributed by atoms with Crippen molar-refractivity contribution in [1.29, 1.82) is 0 Å². The van der Waals surface area contributed by atoms with Crippen LogP contribution in [0.2, 0.25) is 0 Å². The molecule has 154 valence electrons. The van der Waals surface area contributed by atoms with Crippen molar-refractivity contribution in [3.05, 3.63) is 42.0 Å². The summed E-state index contributed by atoms with van der Waals surface area (Å²) in [7, 11) is 1.67. The van der Waals surface area contributed by atoms with Crippen LogP contribution in [0.4, 0.5) is 0 Å². The third kappa shape index (κ3) is 2.87. The van der Waals surface area contributed by atoms with Gasteiger partial charge >= 0.3 is 0 Å². The lowest BCUT2D eigenvalue weighted by Crippen LogP contribution is -2.39. The lowest BCUT2D eigenvalue weighted by atomic mass is 9.76. The normalized spacial score (nSPS) is 24.2. The Bertz CT molecular complexity index is 894. The van der Waals surface area contributed by atoms with E-state index in [1.54, 1.807) is 7.11 Å². The Balaban J connectivity index is 1.43. The number of carbonyl (C=O) groups excluding carboxylic acids is 1. The van der Waals surface area contributed by atoms with Crippen LogP contribution in [-0.4, -0.2) is 45.8 Å². The van der Waals surface area contributed by atoms with Gasteiger partial charge in [0.1, 0.15) is 17.9 Å². The minimum Gasteiger partial charge on any atom is -0.497 e. The number of hydrogen-bond acceptors (Lipinski definition) is 4. The lowest BCUT2D eigenvalue weighted by molar-refractivity contribution is -0.133. The Kier molecular flexibility index (Phi) is 4.41. The van der Waals surface area contributed by atoms with E-state index in [1.165, 1.54) is 25.7 Å². The zero-order chi connectivity index (χ0) is 20.1. The van der Waals surface area contributed by atoms with Gasteiger partial charge in [-0.15, -0.1) is 10.2 Å². The minimum absolute atomic E-state index is 0.172. The van der Waals surface area contributed by atoms with Crippen LogP contribution in [0.5, 0.6) is 5.75 Å². The van der Waals surface area contributed by atoms with Crippen LogP contribution in [0.3, 0.4) is 0 Å². The summed E-state index contributed by atoms with van der Waals surface area (Å²) in [5.74, 6) is 2.50. The first-order valence-corrected chi connectivity index (χ1v) is 10.9. The van der Waals surface area contributed by atoms with Gasteiger partial charge in [0.25, 0.3) is 0 Å². The van der Waals surface area contributed by atoms with Crippen molar-refractivity contribution in [3.63, 3.8) is 0 Å². The lowest BCUT2D eigenvalue weighted by Gasteiger charge is -2.29. The second-order valence-corrected chi connectivity index (χ2v) is 9.09. The maximum atomic E-state index is 13.7. The molecule has 1 aromatic heterocycles. The molecule has 6 nitrogen and oxygen atoms in total. The average Bonchev–Trinajstić information content (AvgIpc) is 3.10. The van der Waals surface area contributed by atoms with Crippen LogP contribution < -0.4 is 4.74 Å². The molecule has 2 saturated carbocycles. The molecule has 3 aliphatic rings. The number of aromatic nitrogens is 3. The highest BCUT2D eigenvalue weighted by atomic mass is 16.5. The van der Waals surface area contributed by atoms with Crippen molar-refractivity contribution >= 4 is 5.91 Å². The fraction of sp³-hybridized carbons (Fsp3) is 0.609. The van der Waals surface area contributed by atoms with E-state index in [0.717, 1.165) is 49.6 Å². The highest BCUT2D eigenvalue weighted by molar-refractivity contribution is 5.91. The fourth-order valence-electron chi connectivity index (χ4n) is 5.81. The van der Waals surface area contributed by atoms with E-state index in [2.05, 4.69) is 38.7 Å². The summed E-state index contributed by atoms with van der Waals surface area (Å²) >= 11 is 0. The van der Waals surface area contributed by atoms with Crippen LogP contribution >= 0.6 is 0 Å². The number of carbonyl (C=O) groups is 1. The molecule has 1 aromatic carbocycles. The number of nitrogens with zero attached hydrogens (tertiary/aromatic N) is 4. The molecule has 0 bridgehead atoms. The number of amides is 1. The van der Waals surface area contributed by atoms with Crippen LogP contribution in [0.15, 0.2) is 30.6 Å². The quantitative estimate of drug-likeness (QED) is 0.778. The maximum absolute atomic E-state index is 13.7. The van der Waals surface area contributed by atoms with Crippen LogP contribution in [-0.2, 0) is 16.8 Å². The highest BCUT2D eigenvalue weighted by Crippen LogP contribution is 2.56. The van der Waals surface area contributed by atoms with Gasteiger partial charge in [-0.1, -0.05) is 25.0 Å². The first-order chi connectivity index (χ1) is 14.1. The standard InChI is InChI=1S/C23H30N4O2/c1-3-26-16-24-25-20(26)19-14-27(15-22(19)10-4-5-11-22)21(28)23(12-13-23)17-6-8-18(29-2)9-7-17/h6-9,16,19H,3-5,10-15H2,1-2H3. The van der Waals surface area contributed by atoms with E-state index in [1.807, 2.05) is 18.5 Å². The van der Waals surface area contributed by atoms with E-state index in [9.17, 15) is 4.79 Å². The molecule has 3 fully saturated rings. The van der Waals surface area contributed by atoms with Crippen LogP contribution in [0, 0.1) is 5.41 Å². The number of ether oxygens (including phenoxy) is 1. The molecule has 2 aromatic rings. The molecule has 0 radical (unpaired) electrons. The van der Waals surface area contributed by atoms with Crippen LogP contribution in [0.25, 0.3) is 0 Å². The van der Waals surface area contributed by atoms with Gasteiger partial charge in [-0.2, -0.15) is 0 Å². The first-order valence-electron chi connectivity index (χ1n) is 10.9. The van der Waals surface area contributed by atoms with Gasteiger partial charge in [-0.05, 0) is 55.7 Å². The summed E-state index contributed by atoms with van der Waals surface area (Å²) in [4.78, 5) is 15.9. The van der Waals surface area contributed by atoms with Crippen molar-refractivity contribution in [2.24, 2.45) is 5.41 Å². The van der Waals surface area contributed by atoms with Crippen LogP contribution in [0.1, 0.15) is 62.8 Å². The molecular formula is C23H30N4O2. The van der Waals surface area contributed by atoms with Gasteiger partial charge in [0, 0.05) is 25.6 Å². The van der Waals surface area contributed by atoms with E-state index in [4.69, 9.17) is 4.74 Å². The Labute approximate surface area is 172 Å². The topological polar surface area (TPSA) is 60.2 Å². The third-order valence-corrected chi connectivity index (χ3v) is 7.63. The average molecular weight is 395 g/mol. The summed E-state index contributed by atoms with van der Waals surface area (Å²) in [6, 6.07) is 8.07. The van der Waals surface area contributed by atoms with Gasteiger partial charge in [0.15, 0.2) is 0 Å². The van der Waals surface area contributed by atoms with E-state index in [0.29, 0.717) is 11.8 Å². The molecule has 1 saturated heterocycles. The maximum Gasteiger partial charge on any atom is 0.233 e. The molecule has 1 amide bonds. The number of benzene rings is 1. The zero-order valence-corrected chi connectivity index (χ0v) is 17.4. The molecular weight excluding hydrogens is 364 g/mol. The third-order valence-electron chi connectivity index (χ3n) is 7.63. The summed E-state index contributed by atoms with van der Waals surface area (Å²) < 4.78 is 7.45. The molecule has 2 aliphatic carbocycles.